The number of carbonyl (C=O) groups is 2. The molecule has 0 aliphatic heterocycles. The maximum Gasteiger partial charge on any atom is 0.340 e. The van der Waals surface area contributed by atoms with Gasteiger partial charge in [0.25, 0.3) is 6.43 Å². The van der Waals surface area contributed by atoms with Crippen LogP contribution in [0.15, 0.2) is 24.3 Å². The molecular weight excluding hydrogens is 356 g/mol. The fourth-order valence-corrected chi connectivity index (χ4v) is 2.76. The molecule has 2 rings (SSSR count). The van der Waals surface area contributed by atoms with Crippen LogP contribution in [0.4, 0.5) is 8.78 Å². The lowest BCUT2D eigenvalue weighted by Gasteiger charge is -2.19. The van der Waals surface area contributed by atoms with Crippen molar-refractivity contribution in [1.82, 2.24) is 4.98 Å². The van der Waals surface area contributed by atoms with E-state index in [4.69, 9.17) is 9.47 Å². The van der Waals surface area contributed by atoms with Crippen molar-refractivity contribution in [3.8, 4) is 11.1 Å². The van der Waals surface area contributed by atoms with Crippen molar-refractivity contribution in [1.29, 1.82) is 0 Å². The number of hydrogen-bond donors (Lipinski definition) is 0. The molecule has 1 aromatic carbocycles. The van der Waals surface area contributed by atoms with Gasteiger partial charge in [0.05, 0.1) is 30.0 Å². The van der Waals surface area contributed by atoms with Crippen LogP contribution in [0.3, 0.4) is 0 Å². The molecule has 0 amide bonds. The van der Waals surface area contributed by atoms with E-state index in [2.05, 4.69) is 4.98 Å². The van der Waals surface area contributed by atoms with Gasteiger partial charge >= 0.3 is 11.9 Å². The Morgan fingerprint density at radius 2 is 1.48 bits per heavy atom. The third-order valence-corrected chi connectivity index (χ3v) is 3.91. The Kier molecular flexibility index (Phi) is 6.60. The maximum atomic E-state index is 13.7. The first kappa shape index (κ1) is 20.5. The van der Waals surface area contributed by atoms with Gasteiger partial charge in [-0.25, -0.2) is 18.4 Å². The first-order chi connectivity index (χ1) is 12.8. The van der Waals surface area contributed by atoms with E-state index < -0.39 is 29.6 Å². The number of pyridine rings is 1. The molecule has 0 saturated carbocycles. The van der Waals surface area contributed by atoms with Gasteiger partial charge in [-0.05, 0) is 33.3 Å². The highest BCUT2D eigenvalue weighted by atomic mass is 19.3. The zero-order valence-electron chi connectivity index (χ0n) is 15.6. The number of carbonyl (C=O) groups excluding carboxylic acids is 2. The average Bonchev–Trinajstić information content (AvgIpc) is 2.61. The molecule has 2 aromatic rings. The van der Waals surface area contributed by atoms with Gasteiger partial charge in [0.2, 0.25) is 0 Å². The largest absolute Gasteiger partial charge is 0.462 e. The van der Waals surface area contributed by atoms with Crippen LogP contribution in [-0.2, 0) is 9.47 Å². The number of nitrogens with zero attached hydrogens (tertiary/aromatic N) is 1. The molecule has 0 bridgehead atoms. The summed E-state index contributed by atoms with van der Waals surface area (Å²) in [6.45, 7) is 6.59. The lowest BCUT2D eigenvalue weighted by Crippen LogP contribution is -2.19. The number of aromatic nitrogens is 1. The predicted molar refractivity (Wildman–Crippen MR) is 96.0 cm³/mol. The summed E-state index contributed by atoms with van der Waals surface area (Å²) >= 11 is 0. The molecule has 1 heterocycles. The Morgan fingerprint density at radius 1 is 0.963 bits per heavy atom. The summed E-state index contributed by atoms with van der Waals surface area (Å²) in [5.74, 6) is -1.69. The van der Waals surface area contributed by atoms with Crippen LogP contribution in [0, 0.1) is 13.8 Å². The van der Waals surface area contributed by atoms with Gasteiger partial charge in [-0.3, -0.25) is 4.98 Å². The normalized spacial score (nSPS) is 10.8. The van der Waals surface area contributed by atoms with Crippen LogP contribution in [-0.4, -0.2) is 30.1 Å². The van der Waals surface area contributed by atoms with Crippen molar-refractivity contribution in [2.75, 3.05) is 13.2 Å². The highest BCUT2D eigenvalue weighted by Gasteiger charge is 2.32. The third kappa shape index (κ3) is 4.30. The van der Waals surface area contributed by atoms with E-state index in [1.54, 1.807) is 38.1 Å². The summed E-state index contributed by atoms with van der Waals surface area (Å²) in [4.78, 5) is 28.9. The minimum atomic E-state index is -3.01. The molecule has 0 spiro atoms. The van der Waals surface area contributed by atoms with E-state index in [0.29, 0.717) is 5.56 Å². The minimum Gasteiger partial charge on any atom is -0.462 e. The molecular formula is C20H21F2NO4. The first-order valence-corrected chi connectivity index (χ1v) is 8.55. The van der Waals surface area contributed by atoms with Gasteiger partial charge in [0.1, 0.15) is 5.69 Å². The topological polar surface area (TPSA) is 65.5 Å². The molecule has 0 fully saturated rings. The standard InChI is InChI=1S/C20H21F2NO4/c1-5-26-19(24)14-12(4)23-17(18(21)22)16(20(25)27-6-2)15(14)13-9-7-11(3)8-10-13/h7-10,18H,5-6H2,1-4H3. The Hall–Kier alpha value is -2.83. The number of alkyl halides is 2. The molecule has 1 aromatic heterocycles. The number of ether oxygens (including phenoxy) is 2. The summed E-state index contributed by atoms with van der Waals surface area (Å²) in [5, 5.41) is 0. The second-order valence-electron chi connectivity index (χ2n) is 5.82. The fraction of sp³-hybridized carbons (Fsp3) is 0.350. The van der Waals surface area contributed by atoms with E-state index in [9.17, 15) is 18.4 Å². The number of esters is 2. The van der Waals surface area contributed by atoms with Crippen LogP contribution in [0.5, 0.6) is 0 Å². The highest BCUT2D eigenvalue weighted by molar-refractivity contribution is 6.07. The van der Waals surface area contributed by atoms with Crippen molar-refractivity contribution >= 4 is 11.9 Å². The number of hydrogen-bond acceptors (Lipinski definition) is 5. The molecule has 0 aliphatic rings. The summed E-state index contributed by atoms with van der Waals surface area (Å²) in [6, 6.07) is 6.84. The van der Waals surface area contributed by atoms with Crippen molar-refractivity contribution in [2.45, 2.75) is 34.1 Å². The van der Waals surface area contributed by atoms with Crippen molar-refractivity contribution < 1.29 is 27.8 Å². The SMILES string of the molecule is CCOC(=O)c1c(C)nc(C(F)F)c(C(=O)OCC)c1-c1ccc(C)cc1. The summed E-state index contributed by atoms with van der Waals surface area (Å²) in [6.07, 6.45) is -3.01. The zero-order chi connectivity index (χ0) is 20.1. The van der Waals surface area contributed by atoms with E-state index >= 15 is 0 Å². The van der Waals surface area contributed by atoms with Gasteiger partial charge in [-0.2, -0.15) is 0 Å². The van der Waals surface area contributed by atoms with Crippen molar-refractivity contribution in [3.05, 3.63) is 52.3 Å². The quantitative estimate of drug-likeness (QED) is 0.685. The van der Waals surface area contributed by atoms with Crippen LogP contribution >= 0.6 is 0 Å². The van der Waals surface area contributed by atoms with Gasteiger partial charge in [-0.15, -0.1) is 0 Å². The third-order valence-electron chi connectivity index (χ3n) is 3.91. The molecule has 0 saturated heterocycles. The van der Waals surface area contributed by atoms with Gasteiger partial charge in [0.15, 0.2) is 0 Å². The van der Waals surface area contributed by atoms with Gasteiger partial charge < -0.3 is 9.47 Å². The predicted octanol–water partition coefficient (Wildman–Crippen LogP) is 4.66. The van der Waals surface area contributed by atoms with Crippen LogP contribution in [0.1, 0.15) is 57.9 Å². The highest BCUT2D eigenvalue weighted by Crippen LogP contribution is 2.36. The van der Waals surface area contributed by atoms with E-state index in [-0.39, 0.29) is 30.0 Å². The smallest absolute Gasteiger partial charge is 0.340 e. The molecule has 0 N–H and O–H groups in total. The van der Waals surface area contributed by atoms with E-state index in [1.807, 2.05) is 6.92 Å². The molecule has 5 nitrogen and oxygen atoms in total. The Balaban J connectivity index is 2.92. The summed E-state index contributed by atoms with van der Waals surface area (Å²) in [7, 11) is 0. The Bertz CT molecular complexity index is 848. The lowest BCUT2D eigenvalue weighted by molar-refractivity contribution is 0.0513. The van der Waals surface area contributed by atoms with Crippen LogP contribution in [0.25, 0.3) is 11.1 Å². The second kappa shape index (κ2) is 8.70. The number of halogens is 2. The monoisotopic (exact) mass is 377 g/mol. The summed E-state index contributed by atoms with van der Waals surface area (Å²) < 4.78 is 37.4. The van der Waals surface area contributed by atoms with Crippen LogP contribution < -0.4 is 0 Å². The molecule has 0 unspecified atom stereocenters. The van der Waals surface area contributed by atoms with Gasteiger partial charge in [0, 0.05) is 5.56 Å². The molecule has 0 atom stereocenters. The second-order valence-corrected chi connectivity index (χ2v) is 5.82. The maximum absolute atomic E-state index is 13.7. The van der Waals surface area contributed by atoms with E-state index in [0.717, 1.165) is 5.56 Å². The Morgan fingerprint density at radius 3 is 1.96 bits per heavy atom. The van der Waals surface area contributed by atoms with Gasteiger partial charge in [-0.1, -0.05) is 29.8 Å². The number of rotatable bonds is 6. The first-order valence-electron chi connectivity index (χ1n) is 8.55. The average molecular weight is 377 g/mol. The molecule has 7 heteroatoms. The number of aryl methyl sites for hydroxylation is 2. The van der Waals surface area contributed by atoms with Crippen molar-refractivity contribution in [2.24, 2.45) is 0 Å². The molecule has 27 heavy (non-hydrogen) atoms. The molecule has 144 valence electrons. The fourth-order valence-electron chi connectivity index (χ4n) is 2.76. The van der Waals surface area contributed by atoms with Crippen LogP contribution in [0.2, 0.25) is 0 Å². The Labute approximate surface area is 156 Å². The van der Waals surface area contributed by atoms with Crippen molar-refractivity contribution in [3.63, 3.8) is 0 Å². The molecule has 0 radical (unpaired) electrons. The summed E-state index contributed by atoms with van der Waals surface area (Å²) in [5.41, 5.74) is 0.335. The van der Waals surface area contributed by atoms with E-state index in [1.165, 1.54) is 6.92 Å². The molecule has 0 aliphatic carbocycles. The minimum absolute atomic E-state index is 0.00251. The number of benzene rings is 1. The zero-order valence-corrected chi connectivity index (χ0v) is 15.6. The lowest BCUT2D eigenvalue weighted by atomic mass is 9.91.